The summed E-state index contributed by atoms with van der Waals surface area (Å²) in [6.45, 7) is 2.85. The quantitative estimate of drug-likeness (QED) is 0.942. The zero-order valence-corrected chi connectivity index (χ0v) is 10.6. The van der Waals surface area contributed by atoms with Crippen LogP contribution in [0.2, 0.25) is 0 Å². The van der Waals surface area contributed by atoms with Crippen molar-refractivity contribution in [2.75, 3.05) is 0 Å². The third-order valence-electron chi connectivity index (χ3n) is 2.20. The lowest BCUT2D eigenvalue weighted by Gasteiger charge is -2.09. The predicted octanol–water partition coefficient (Wildman–Crippen LogP) is 2.81. The molecule has 1 unspecified atom stereocenters. The molecule has 0 saturated heterocycles. The highest BCUT2D eigenvalue weighted by molar-refractivity contribution is 9.11. The molecule has 0 bridgehead atoms. The molecule has 0 aliphatic carbocycles. The Kier molecular flexibility index (Phi) is 3.23. The summed E-state index contributed by atoms with van der Waals surface area (Å²) in [7, 11) is 0. The Morgan fingerprint density at radius 3 is 3.00 bits per heavy atom. The molecule has 2 aromatic heterocycles. The van der Waals surface area contributed by atoms with Crippen molar-refractivity contribution in [3.05, 3.63) is 39.0 Å². The summed E-state index contributed by atoms with van der Waals surface area (Å²) < 4.78 is 2.96. The minimum absolute atomic E-state index is 0.628. The molecule has 0 fully saturated rings. The first kappa shape index (κ1) is 10.9. The molecule has 80 valence electrons. The van der Waals surface area contributed by atoms with Crippen LogP contribution < -0.4 is 0 Å². The van der Waals surface area contributed by atoms with Crippen molar-refractivity contribution < 1.29 is 5.11 Å². The van der Waals surface area contributed by atoms with Gasteiger partial charge in [-0.05, 0) is 35.0 Å². The molecule has 5 heteroatoms. The summed E-state index contributed by atoms with van der Waals surface area (Å²) in [6, 6.07) is 3.84. The molecule has 0 saturated carbocycles. The average molecular weight is 287 g/mol. The second-order valence-corrected chi connectivity index (χ2v) is 5.61. The van der Waals surface area contributed by atoms with Crippen molar-refractivity contribution in [3.63, 3.8) is 0 Å². The van der Waals surface area contributed by atoms with E-state index >= 15 is 0 Å². The van der Waals surface area contributed by atoms with Crippen molar-refractivity contribution in [2.45, 2.75) is 19.6 Å². The zero-order chi connectivity index (χ0) is 10.8. The number of rotatable bonds is 3. The molecule has 0 amide bonds. The van der Waals surface area contributed by atoms with Gasteiger partial charge in [0.05, 0.1) is 3.79 Å². The number of hydrogen-bond acceptors (Lipinski definition) is 3. The molecular formula is C10H11BrN2OS. The summed E-state index contributed by atoms with van der Waals surface area (Å²) in [5, 5.41) is 10.1. The number of imidazole rings is 1. The second kappa shape index (κ2) is 4.47. The maximum absolute atomic E-state index is 10.1. The van der Waals surface area contributed by atoms with Gasteiger partial charge in [0.2, 0.25) is 0 Å². The molecule has 0 radical (unpaired) electrons. The number of aliphatic hydroxyl groups is 1. The number of thiophene rings is 1. The van der Waals surface area contributed by atoms with E-state index in [2.05, 4.69) is 20.9 Å². The molecule has 1 N–H and O–H groups in total. The summed E-state index contributed by atoms with van der Waals surface area (Å²) in [6.07, 6.45) is 2.96. The van der Waals surface area contributed by atoms with E-state index in [1.807, 2.05) is 29.8 Å². The Morgan fingerprint density at radius 2 is 2.40 bits per heavy atom. The lowest BCUT2D eigenvalue weighted by Crippen LogP contribution is -2.07. The van der Waals surface area contributed by atoms with Gasteiger partial charge in [0.1, 0.15) is 11.9 Å². The third kappa shape index (κ3) is 2.14. The predicted molar refractivity (Wildman–Crippen MR) is 64.0 cm³/mol. The first-order valence-electron chi connectivity index (χ1n) is 4.66. The third-order valence-corrected chi connectivity index (χ3v) is 3.87. The maximum Gasteiger partial charge on any atom is 0.146 e. The first-order chi connectivity index (χ1) is 7.22. The Bertz CT molecular complexity index is 452. The fourth-order valence-corrected chi connectivity index (χ4v) is 2.85. The molecule has 2 rings (SSSR count). The fraction of sp³-hybridized carbons (Fsp3) is 0.300. The van der Waals surface area contributed by atoms with E-state index in [-0.39, 0.29) is 0 Å². The molecule has 2 heterocycles. The lowest BCUT2D eigenvalue weighted by atomic mass is 10.3. The van der Waals surface area contributed by atoms with E-state index in [0.29, 0.717) is 5.82 Å². The van der Waals surface area contributed by atoms with Crippen molar-refractivity contribution in [2.24, 2.45) is 0 Å². The van der Waals surface area contributed by atoms with Crippen LogP contribution in [0.3, 0.4) is 0 Å². The van der Waals surface area contributed by atoms with E-state index in [1.165, 1.54) is 11.3 Å². The summed E-state index contributed by atoms with van der Waals surface area (Å²) in [4.78, 5) is 5.08. The van der Waals surface area contributed by atoms with Gasteiger partial charge in [0, 0.05) is 23.8 Å². The number of aryl methyl sites for hydroxylation is 1. The fourth-order valence-electron chi connectivity index (χ4n) is 1.44. The van der Waals surface area contributed by atoms with Crippen LogP contribution in [0.15, 0.2) is 28.3 Å². The highest BCUT2D eigenvalue weighted by Crippen LogP contribution is 2.30. The second-order valence-electron chi connectivity index (χ2n) is 3.12. The summed E-state index contributed by atoms with van der Waals surface area (Å²) >= 11 is 4.91. The molecule has 0 spiro atoms. The van der Waals surface area contributed by atoms with Crippen molar-refractivity contribution in [1.29, 1.82) is 0 Å². The lowest BCUT2D eigenvalue weighted by molar-refractivity contribution is 0.208. The van der Waals surface area contributed by atoms with Crippen molar-refractivity contribution in [3.8, 4) is 0 Å². The minimum atomic E-state index is -0.628. The number of aliphatic hydroxyl groups excluding tert-OH is 1. The van der Waals surface area contributed by atoms with Crippen molar-refractivity contribution in [1.82, 2.24) is 9.55 Å². The molecule has 2 aromatic rings. The van der Waals surface area contributed by atoms with Crippen LogP contribution in [0.25, 0.3) is 0 Å². The van der Waals surface area contributed by atoms with Gasteiger partial charge >= 0.3 is 0 Å². The largest absolute Gasteiger partial charge is 0.380 e. The van der Waals surface area contributed by atoms with E-state index in [4.69, 9.17) is 0 Å². The smallest absolute Gasteiger partial charge is 0.146 e. The van der Waals surface area contributed by atoms with Crippen LogP contribution >= 0.6 is 27.3 Å². The standard InChI is InChI=1S/C10H11BrN2OS/c1-2-13-6-5-12-10(13)9(14)7-3-4-8(11)15-7/h3-6,9,14H,2H2,1H3. The Labute approximate surface area is 101 Å². The Balaban J connectivity index is 2.31. The highest BCUT2D eigenvalue weighted by atomic mass is 79.9. The molecule has 3 nitrogen and oxygen atoms in total. The number of aromatic nitrogens is 2. The molecular weight excluding hydrogens is 276 g/mol. The van der Waals surface area contributed by atoms with E-state index in [0.717, 1.165) is 15.2 Å². The van der Waals surface area contributed by atoms with Crippen LogP contribution in [0.4, 0.5) is 0 Å². The number of halogens is 1. The minimum Gasteiger partial charge on any atom is -0.380 e. The van der Waals surface area contributed by atoms with Crippen LogP contribution in [-0.2, 0) is 6.54 Å². The maximum atomic E-state index is 10.1. The Hall–Kier alpha value is -0.650. The van der Waals surface area contributed by atoms with Gasteiger partial charge in [0.25, 0.3) is 0 Å². The monoisotopic (exact) mass is 286 g/mol. The van der Waals surface area contributed by atoms with E-state index < -0.39 is 6.10 Å². The molecule has 15 heavy (non-hydrogen) atoms. The summed E-state index contributed by atoms with van der Waals surface area (Å²) in [5.41, 5.74) is 0. The van der Waals surface area contributed by atoms with Gasteiger partial charge in [-0.25, -0.2) is 4.98 Å². The van der Waals surface area contributed by atoms with Crippen LogP contribution in [-0.4, -0.2) is 14.7 Å². The van der Waals surface area contributed by atoms with Crippen molar-refractivity contribution >= 4 is 27.3 Å². The highest BCUT2D eigenvalue weighted by Gasteiger charge is 2.17. The van der Waals surface area contributed by atoms with Crippen LogP contribution in [0.5, 0.6) is 0 Å². The molecule has 0 aromatic carbocycles. The van der Waals surface area contributed by atoms with Gasteiger partial charge in [-0.15, -0.1) is 11.3 Å². The molecule has 0 aliphatic rings. The van der Waals surface area contributed by atoms with Gasteiger partial charge < -0.3 is 9.67 Å². The summed E-state index contributed by atoms with van der Waals surface area (Å²) in [5.74, 6) is 0.701. The first-order valence-corrected chi connectivity index (χ1v) is 6.27. The zero-order valence-electron chi connectivity index (χ0n) is 8.22. The van der Waals surface area contributed by atoms with Gasteiger partial charge in [0.15, 0.2) is 0 Å². The van der Waals surface area contributed by atoms with Gasteiger partial charge in [-0.2, -0.15) is 0 Å². The molecule has 1 atom stereocenters. The van der Waals surface area contributed by atoms with E-state index in [1.54, 1.807) is 6.20 Å². The van der Waals surface area contributed by atoms with E-state index in [9.17, 15) is 5.11 Å². The van der Waals surface area contributed by atoms with Gasteiger partial charge in [-0.1, -0.05) is 0 Å². The normalized spacial score (nSPS) is 13.0. The molecule has 0 aliphatic heterocycles. The topological polar surface area (TPSA) is 38.0 Å². The van der Waals surface area contributed by atoms with Crippen LogP contribution in [0, 0.1) is 0 Å². The number of hydrogen-bond donors (Lipinski definition) is 1. The van der Waals surface area contributed by atoms with Gasteiger partial charge in [-0.3, -0.25) is 0 Å². The van der Waals surface area contributed by atoms with Crippen LogP contribution in [0.1, 0.15) is 23.7 Å². The number of nitrogens with zero attached hydrogens (tertiary/aromatic N) is 2. The average Bonchev–Trinajstić information content (AvgIpc) is 2.84. The Morgan fingerprint density at radius 1 is 1.60 bits per heavy atom. The SMILES string of the molecule is CCn1ccnc1C(O)c1ccc(Br)s1.